The first-order chi connectivity index (χ1) is 19.8. The van der Waals surface area contributed by atoms with Crippen LogP contribution >= 0.6 is 0 Å². The van der Waals surface area contributed by atoms with E-state index >= 15 is 0 Å². The van der Waals surface area contributed by atoms with Gasteiger partial charge in [0.05, 0.1) is 118 Å². The minimum atomic E-state index is 0.0298. The molecule has 0 saturated carbocycles. The fourth-order valence-corrected chi connectivity index (χ4v) is 3.34. The van der Waals surface area contributed by atoms with Gasteiger partial charge in [0, 0.05) is 0 Å². The number of aliphatic hydroxyl groups excluding tert-OH is 1. The molecule has 40 heavy (non-hydrogen) atoms. The van der Waals surface area contributed by atoms with E-state index in [9.17, 15) is 0 Å². The maximum atomic E-state index is 8.57. The molecule has 0 aromatic carbocycles. The van der Waals surface area contributed by atoms with Crippen LogP contribution in [-0.4, -0.2) is 130 Å². The summed E-state index contributed by atoms with van der Waals surface area (Å²) in [7, 11) is 0. The van der Waals surface area contributed by atoms with Gasteiger partial charge in [-0.1, -0.05) is 50.6 Å². The monoisotopic (exact) mass is 581 g/mol. The number of hydrogen-bond acceptors (Lipinski definition) is 11. The maximum absolute atomic E-state index is 8.57. The van der Waals surface area contributed by atoms with Crippen LogP contribution in [-0.2, 0) is 42.7 Å². The number of oxime groups is 1. The summed E-state index contributed by atoms with van der Waals surface area (Å²) in [5, 5.41) is 12.7. The van der Waals surface area contributed by atoms with Crippen LogP contribution in [0.4, 0.5) is 0 Å². The fraction of sp³-hybridized carbons (Fsp3) is 0.966. The number of aliphatic hydroxyl groups is 1. The molecule has 0 unspecified atom stereocenters. The van der Waals surface area contributed by atoms with Crippen molar-refractivity contribution in [3.63, 3.8) is 0 Å². The van der Waals surface area contributed by atoms with Gasteiger partial charge in [-0.3, -0.25) is 0 Å². The van der Waals surface area contributed by atoms with Gasteiger partial charge in [0.2, 0.25) is 0 Å². The van der Waals surface area contributed by atoms with E-state index in [0.29, 0.717) is 112 Å². The Morgan fingerprint density at radius 1 is 0.450 bits per heavy atom. The lowest BCUT2D eigenvalue weighted by molar-refractivity contribution is -0.0254. The number of hydrogen-bond donors (Lipinski definition) is 1. The fourth-order valence-electron chi connectivity index (χ4n) is 3.34. The Hall–Kier alpha value is -0.890. The van der Waals surface area contributed by atoms with Gasteiger partial charge in [0.1, 0.15) is 6.61 Å². The second-order valence-corrected chi connectivity index (χ2v) is 9.15. The third kappa shape index (κ3) is 35.1. The summed E-state index contributed by atoms with van der Waals surface area (Å²) < 4.78 is 43.2. The second kappa shape index (κ2) is 36.1. The predicted molar refractivity (Wildman–Crippen MR) is 155 cm³/mol. The van der Waals surface area contributed by atoms with Crippen molar-refractivity contribution < 1.29 is 47.8 Å². The Morgan fingerprint density at radius 3 is 1.15 bits per heavy atom. The lowest BCUT2D eigenvalue weighted by atomic mass is 10.1. The van der Waals surface area contributed by atoms with Crippen molar-refractivity contribution in [2.45, 2.75) is 65.2 Å². The van der Waals surface area contributed by atoms with Crippen molar-refractivity contribution in [2.24, 2.45) is 5.16 Å². The Balaban J connectivity index is 3.14. The van der Waals surface area contributed by atoms with E-state index in [1.54, 1.807) is 0 Å². The molecule has 0 amide bonds. The van der Waals surface area contributed by atoms with Gasteiger partial charge in [-0.25, -0.2) is 0 Å². The van der Waals surface area contributed by atoms with E-state index in [1.807, 2.05) is 6.92 Å². The second-order valence-electron chi connectivity index (χ2n) is 9.15. The molecular weight excluding hydrogens is 522 g/mol. The number of ether oxygens (including phenoxy) is 8. The zero-order valence-electron chi connectivity index (χ0n) is 25.5. The summed E-state index contributed by atoms with van der Waals surface area (Å²) in [6.45, 7) is 12.8. The molecule has 0 aliphatic rings. The van der Waals surface area contributed by atoms with Crippen LogP contribution in [0.1, 0.15) is 65.2 Å². The zero-order chi connectivity index (χ0) is 29.0. The SMILES string of the molecule is CCCCCCCCC/C(C)=N/OCCOCCOCCOCCOCCOCCOCCOCCOCCO. The molecule has 0 bridgehead atoms. The average molecular weight is 582 g/mol. The molecule has 0 aromatic heterocycles. The number of nitrogens with zero attached hydrogens (tertiary/aromatic N) is 1. The van der Waals surface area contributed by atoms with Crippen LogP contribution in [0, 0.1) is 0 Å². The molecule has 0 heterocycles. The van der Waals surface area contributed by atoms with E-state index < -0.39 is 0 Å². The van der Waals surface area contributed by atoms with Gasteiger partial charge in [0.25, 0.3) is 0 Å². The van der Waals surface area contributed by atoms with Crippen molar-refractivity contribution in [2.75, 3.05) is 119 Å². The predicted octanol–water partition coefficient (Wildman–Crippen LogP) is 3.64. The van der Waals surface area contributed by atoms with Crippen molar-refractivity contribution in [1.82, 2.24) is 0 Å². The molecule has 0 saturated heterocycles. The van der Waals surface area contributed by atoms with E-state index in [1.165, 1.54) is 44.9 Å². The summed E-state index contributed by atoms with van der Waals surface area (Å²) in [5.74, 6) is 0. The van der Waals surface area contributed by atoms with Crippen molar-refractivity contribution in [1.29, 1.82) is 0 Å². The van der Waals surface area contributed by atoms with Gasteiger partial charge in [-0.15, -0.1) is 0 Å². The minimum absolute atomic E-state index is 0.0298. The largest absolute Gasteiger partial charge is 0.394 e. The first-order valence-electron chi connectivity index (χ1n) is 15.2. The van der Waals surface area contributed by atoms with Crippen molar-refractivity contribution >= 4 is 5.71 Å². The smallest absolute Gasteiger partial charge is 0.140 e. The summed E-state index contributed by atoms with van der Waals surface area (Å²) in [5.41, 5.74) is 1.05. The highest BCUT2D eigenvalue weighted by molar-refractivity contribution is 5.81. The summed E-state index contributed by atoms with van der Waals surface area (Å²) in [4.78, 5) is 5.32. The summed E-state index contributed by atoms with van der Waals surface area (Å²) >= 11 is 0. The topological polar surface area (TPSA) is 116 Å². The van der Waals surface area contributed by atoms with Crippen LogP contribution < -0.4 is 0 Å². The summed E-state index contributed by atoms with van der Waals surface area (Å²) in [6.07, 6.45) is 10.2. The molecule has 11 nitrogen and oxygen atoms in total. The van der Waals surface area contributed by atoms with Crippen LogP contribution in [0.3, 0.4) is 0 Å². The molecule has 0 atom stereocenters. The van der Waals surface area contributed by atoms with Gasteiger partial charge in [-0.2, -0.15) is 0 Å². The molecule has 0 rings (SSSR count). The molecule has 240 valence electrons. The molecule has 0 aliphatic carbocycles. The van der Waals surface area contributed by atoms with Gasteiger partial charge in [-0.05, 0) is 19.8 Å². The lowest BCUT2D eigenvalue weighted by Gasteiger charge is -2.08. The average Bonchev–Trinajstić information content (AvgIpc) is 2.96. The summed E-state index contributed by atoms with van der Waals surface area (Å²) in [6, 6.07) is 0. The van der Waals surface area contributed by atoms with Crippen LogP contribution in [0.15, 0.2) is 5.16 Å². The standard InChI is InChI=1S/C29H59NO10/c1-3-4-5-6-7-8-9-10-29(2)30-40-28-27-39-26-25-38-24-23-37-22-21-36-20-19-35-18-17-34-16-15-33-14-13-32-12-11-31/h31H,3-28H2,1-2H3/b30-29+. The molecule has 0 radical (unpaired) electrons. The highest BCUT2D eigenvalue weighted by atomic mass is 16.6. The van der Waals surface area contributed by atoms with Crippen molar-refractivity contribution in [3.8, 4) is 0 Å². The lowest BCUT2D eigenvalue weighted by Crippen LogP contribution is -2.15. The van der Waals surface area contributed by atoms with E-state index in [0.717, 1.165) is 12.1 Å². The van der Waals surface area contributed by atoms with Crippen LogP contribution in [0.2, 0.25) is 0 Å². The molecular formula is C29H59NO10. The first-order valence-corrected chi connectivity index (χ1v) is 15.2. The quantitative estimate of drug-likeness (QED) is 0.0676. The van der Waals surface area contributed by atoms with E-state index in [-0.39, 0.29) is 6.61 Å². The van der Waals surface area contributed by atoms with Crippen molar-refractivity contribution in [3.05, 3.63) is 0 Å². The third-order valence-electron chi connectivity index (χ3n) is 5.52. The molecule has 0 aromatic rings. The van der Waals surface area contributed by atoms with Gasteiger partial charge >= 0.3 is 0 Å². The molecule has 1 N–H and O–H groups in total. The molecule has 0 fully saturated rings. The third-order valence-corrected chi connectivity index (χ3v) is 5.52. The Labute approximate surface area is 243 Å². The number of rotatable bonds is 35. The highest BCUT2D eigenvalue weighted by Crippen LogP contribution is 2.08. The normalized spacial score (nSPS) is 11.9. The molecule has 0 aliphatic heterocycles. The van der Waals surface area contributed by atoms with Gasteiger partial charge in [0.15, 0.2) is 0 Å². The Bertz CT molecular complexity index is 499. The van der Waals surface area contributed by atoms with Crippen LogP contribution in [0.25, 0.3) is 0 Å². The minimum Gasteiger partial charge on any atom is -0.394 e. The Kier molecular flexibility index (Phi) is 35.3. The first kappa shape index (κ1) is 39.1. The zero-order valence-corrected chi connectivity index (χ0v) is 25.5. The molecule has 0 spiro atoms. The van der Waals surface area contributed by atoms with E-state index in [2.05, 4.69) is 12.1 Å². The molecule has 11 heteroatoms. The van der Waals surface area contributed by atoms with E-state index in [4.69, 9.17) is 47.8 Å². The highest BCUT2D eigenvalue weighted by Gasteiger charge is 1.97. The van der Waals surface area contributed by atoms with Gasteiger partial charge < -0.3 is 47.8 Å². The number of unbranched alkanes of at least 4 members (excludes halogenated alkanes) is 6. The Morgan fingerprint density at radius 2 is 0.775 bits per heavy atom. The maximum Gasteiger partial charge on any atom is 0.140 e. The van der Waals surface area contributed by atoms with Crippen LogP contribution in [0.5, 0.6) is 0 Å².